The standard InChI is InChI=1S/C14H19BrFN3/c15-11-7-12(16)14(18-8-11)19-6-2-3-10(9-19)13-4-1-5-17-13/h7-8,10,13,17H,1-6,9H2. The smallest absolute Gasteiger partial charge is 0.166 e. The summed E-state index contributed by atoms with van der Waals surface area (Å²) >= 11 is 3.26. The molecule has 3 heterocycles. The number of nitrogens with zero attached hydrogens (tertiary/aromatic N) is 2. The lowest BCUT2D eigenvalue weighted by Gasteiger charge is -2.36. The third-order valence-corrected chi connectivity index (χ3v) is 4.65. The molecule has 2 atom stereocenters. The maximum Gasteiger partial charge on any atom is 0.166 e. The second-order valence-electron chi connectivity index (χ2n) is 5.51. The summed E-state index contributed by atoms with van der Waals surface area (Å²) in [7, 11) is 0. The second-order valence-corrected chi connectivity index (χ2v) is 6.43. The van der Waals surface area contributed by atoms with Gasteiger partial charge in [-0.3, -0.25) is 0 Å². The predicted octanol–water partition coefficient (Wildman–Crippen LogP) is 2.95. The molecule has 0 bridgehead atoms. The van der Waals surface area contributed by atoms with Crippen LogP contribution < -0.4 is 10.2 Å². The van der Waals surface area contributed by atoms with E-state index in [0.29, 0.717) is 22.3 Å². The Labute approximate surface area is 121 Å². The van der Waals surface area contributed by atoms with Gasteiger partial charge in [0.1, 0.15) is 0 Å². The Balaban J connectivity index is 1.73. The number of halogens is 2. The Hall–Kier alpha value is -0.680. The number of aromatic nitrogens is 1. The van der Waals surface area contributed by atoms with Gasteiger partial charge in [0.05, 0.1) is 0 Å². The van der Waals surface area contributed by atoms with Crippen LogP contribution in [0, 0.1) is 11.7 Å². The van der Waals surface area contributed by atoms with Gasteiger partial charge in [-0.25, -0.2) is 9.37 Å². The highest BCUT2D eigenvalue weighted by Gasteiger charge is 2.30. The van der Waals surface area contributed by atoms with Crippen LogP contribution in [0.1, 0.15) is 25.7 Å². The topological polar surface area (TPSA) is 28.2 Å². The molecule has 2 unspecified atom stereocenters. The van der Waals surface area contributed by atoms with E-state index in [9.17, 15) is 4.39 Å². The largest absolute Gasteiger partial charge is 0.354 e. The minimum Gasteiger partial charge on any atom is -0.354 e. The van der Waals surface area contributed by atoms with Gasteiger partial charge in [0.15, 0.2) is 11.6 Å². The van der Waals surface area contributed by atoms with Gasteiger partial charge in [0, 0.05) is 29.8 Å². The summed E-state index contributed by atoms with van der Waals surface area (Å²) < 4.78 is 14.7. The number of nitrogens with one attached hydrogen (secondary N) is 1. The number of hydrogen-bond donors (Lipinski definition) is 1. The fourth-order valence-electron chi connectivity index (χ4n) is 3.28. The van der Waals surface area contributed by atoms with Crippen LogP contribution in [0.15, 0.2) is 16.7 Å². The Morgan fingerprint density at radius 3 is 3.00 bits per heavy atom. The summed E-state index contributed by atoms with van der Waals surface area (Å²) in [6.07, 6.45) is 6.57. The number of rotatable bonds is 2. The van der Waals surface area contributed by atoms with Gasteiger partial charge in [-0.1, -0.05) is 0 Å². The zero-order valence-electron chi connectivity index (χ0n) is 10.9. The lowest BCUT2D eigenvalue weighted by Crippen LogP contribution is -2.44. The summed E-state index contributed by atoms with van der Waals surface area (Å²) in [6.45, 7) is 2.96. The highest BCUT2D eigenvalue weighted by Crippen LogP contribution is 2.29. The molecule has 0 radical (unpaired) electrons. The van der Waals surface area contributed by atoms with Crippen molar-refractivity contribution in [2.24, 2.45) is 5.92 Å². The van der Waals surface area contributed by atoms with Crippen molar-refractivity contribution in [1.29, 1.82) is 0 Å². The summed E-state index contributed by atoms with van der Waals surface area (Å²) in [5.41, 5.74) is 0. The van der Waals surface area contributed by atoms with E-state index >= 15 is 0 Å². The molecule has 2 fully saturated rings. The molecular weight excluding hydrogens is 309 g/mol. The normalized spacial score (nSPS) is 27.8. The van der Waals surface area contributed by atoms with Crippen molar-refractivity contribution in [2.75, 3.05) is 24.5 Å². The second kappa shape index (κ2) is 5.75. The Kier molecular flexibility index (Phi) is 4.03. The van der Waals surface area contributed by atoms with Crippen molar-refractivity contribution in [3.05, 3.63) is 22.6 Å². The highest BCUT2D eigenvalue weighted by molar-refractivity contribution is 9.10. The molecule has 1 N–H and O–H groups in total. The first-order valence-corrected chi connectivity index (χ1v) is 7.83. The number of pyridine rings is 1. The molecule has 3 rings (SSSR count). The van der Waals surface area contributed by atoms with Crippen LogP contribution in [0.5, 0.6) is 0 Å². The first-order chi connectivity index (χ1) is 9.24. The summed E-state index contributed by atoms with van der Waals surface area (Å²) in [5.74, 6) is 0.904. The third-order valence-electron chi connectivity index (χ3n) is 4.21. The molecule has 0 saturated carbocycles. The van der Waals surface area contributed by atoms with E-state index < -0.39 is 0 Å². The lowest BCUT2D eigenvalue weighted by molar-refractivity contribution is 0.326. The van der Waals surface area contributed by atoms with Crippen LogP contribution >= 0.6 is 15.9 Å². The third kappa shape index (κ3) is 2.92. The fourth-order valence-corrected chi connectivity index (χ4v) is 3.59. The monoisotopic (exact) mass is 327 g/mol. The molecule has 1 aromatic heterocycles. The van der Waals surface area contributed by atoms with Crippen molar-refractivity contribution in [3.63, 3.8) is 0 Å². The molecule has 0 aliphatic carbocycles. The number of piperidine rings is 1. The zero-order valence-corrected chi connectivity index (χ0v) is 12.5. The molecule has 1 aromatic rings. The van der Waals surface area contributed by atoms with Crippen LogP contribution in [-0.4, -0.2) is 30.7 Å². The van der Waals surface area contributed by atoms with Gasteiger partial charge >= 0.3 is 0 Å². The lowest BCUT2D eigenvalue weighted by atomic mass is 9.90. The highest BCUT2D eigenvalue weighted by atomic mass is 79.9. The van der Waals surface area contributed by atoms with E-state index in [0.717, 1.165) is 26.1 Å². The van der Waals surface area contributed by atoms with Crippen molar-refractivity contribution in [2.45, 2.75) is 31.7 Å². The number of hydrogen-bond acceptors (Lipinski definition) is 3. The van der Waals surface area contributed by atoms with E-state index in [1.54, 1.807) is 6.20 Å². The zero-order chi connectivity index (χ0) is 13.2. The molecule has 3 nitrogen and oxygen atoms in total. The molecule has 104 valence electrons. The van der Waals surface area contributed by atoms with Crippen LogP contribution in [0.2, 0.25) is 0 Å². The molecule has 2 aliphatic heterocycles. The maximum absolute atomic E-state index is 14.0. The van der Waals surface area contributed by atoms with Gasteiger partial charge < -0.3 is 10.2 Å². The molecule has 19 heavy (non-hydrogen) atoms. The van der Waals surface area contributed by atoms with E-state index in [4.69, 9.17) is 0 Å². The summed E-state index contributed by atoms with van der Waals surface area (Å²) in [6, 6.07) is 2.11. The Morgan fingerprint density at radius 1 is 1.37 bits per heavy atom. The van der Waals surface area contributed by atoms with Gasteiger partial charge in [-0.2, -0.15) is 0 Å². The fraction of sp³-hybridized carbons (Fsp3) is 0.643. The average Bonchev–Trinajstić information content (AvgIpc) is 2.93. The van der Waals surface area contributed by atoms with Gasteiger partial charge in [-0.05, 0) is 60.1 Å². The first kappa shape index (κ1) is 13.3. The summed E-state index contributed by atoms with van der Waals surface area (Å²) in [4.78, 5) is 6.35. The van der Waals surface area contributed by atoms with Crippen LogP contribution in [-0.2, 0) is 0 Å². The SMILES string of the molecule is Fc1cc(Br)cnc1N1CCCC(C2CCCN2)C1. The van der Waals surface area contributed by atoms with Crippen molar-refractivity contribution in [3.8, 4) is 0 Å². The maximum atomic E-state index is 14.0. The van der Waals surface area contributed by atoms with E-state index in [1.165, 1.54) is 25.3 Å². The Bertz CT molecular complexity index is 448. The molecule has 2 aliphatic rings. The van der Waals surface area contributed by atoms with E-state index in [2.05, 4.69) is 31.1 Å². The molecule has 0 amide bonds. The summed E-state index contributed by atoms with van der Waals surface area (Å²) in [5, 5.41) is 3.57. The molecule has 0 spiro atoms. The van der Waals surface area contributed by atoms with Crippen LogP contribution in [0.3, 0.4) is 0 Å². The predicted molar refractivity (Wildman–Crippen MR) is 77.9 cm³/mol. The van der Waals surface area contributed by atoms with Crippen molar-refractivity contribution >= 4 is 21.7 Å². The minimum absolute atomic E-state index is 0.227. The van der Waals surface area contributed by atoms with Gasteiger partial charge in [0.2, 0.25) is 0 Å². The molecule has 0 aromatic carbocycles. The molecule has 5 heteroatoms. The van der Waals surface area contributed by atoms with E-state index in [-0.39, 0.29) is 5.82 Å². The van der Waals surface area contributed by atoms with Crippen LogP contribution in [0.4, 0.5) is 10.2 Å². The molecular formula is C14H19BrFN3. The Morgan fingerprint density at radius 2 is 2.26 bits per heavy atom. The minimum atomic E-state index is -0.227. The van der Waals surface area contributed by atoms with Gasteiger partial charge in [0.25, 0.3) is 0 Å². The number of anilines is 1. The van der Waals surface area contributed by atoms with E-state index in [1.807, 2.05) is 0 Å². The molecule has 2 saturated heterocycles. The van der Waals surface area contributed by atoms with Crippen LogP contribution in [0.25, 0.3) is 0 Å². The van der Waals surface area contributed by atoms with Crippen molar-refractivity contribution in [1.82, 2.24) is 10.3 Å². The van der Waals surface area contributed by atoms with Gasteiger partial charge in [-0.15, -0.1) is 0 Å². The van der Waals surface area contributed by atoms with Crippen molar-refractivity contribution < 1.29 is 4.39 Å². The first-order valence-electron chi connectivity index (χ1n) is 7.03. The quantitative estimate of drug-likeness (QED) is 0.905. The average molecular weight is 328 g/mol.